The largest absolute Gasteiger partial charge is 0.497 e. The van der Waals surface area contributed by atoms with Crippen LogP contribution >= 0.6 is 23.4 Å². The number of nitrogens with one attached hydrogen (secondary N) is 2. The number of fused-ring (bicyclic) bond motifs is 1. The number of amides is 1. The molecule has 1 amide bonds. The Labute approximate surface area is 188 Å². The second-order valence-corrected chi connectivity index (χ2v) is 8.20. The van der Waals surface area contributed by atoms with E-state index in [2.05, 4.69) is 10.3 Å². The molecule has 0 atom stereocenters. The van der Waals surface area contributed by atoms with Crippen molar-refractivity contribution in [2.45, 2.75) is 4.90 Å². The number of pyridine rings is 1. The molecule has 1 aromatic heterocycles. The number of hydrogen-bond acceptors (Lipinski definition) is 4. The number of anilines is 1. The van der Waals surface area contributed by atoms with Crippen LogP contribution in [0.3, 0.4) is 0 Å². The Balaban J connectivity index is 1.66. The average Bonchev–Trinajstić information content (AvgIpc) is 2.79. The quantitative estimate of drug-likeness (QED) is 0.376. The van der Waals surface area contributed by atoms with Gasteiger partial charge in [0.25, 0.3) is 5.56 Å². The Hall–Kier alpha value is -3.22. The molecule has 31 heavy (non-hydrogen) atoms. The molecule has 0 aliphatic heterocycles. The molecule has 0 aliphatic carbocycles. The molecular formula is C24H19ClN2O3S. The third-order valence-corrected chi connectivity index (χ3v) is 6.04. The second-order valence-electron chi connectivity index (χ2n) is 6.78. The molecule has 3 aromatic carbocycles. The van der Waals surface area contributed by atoms with Gasteiger partial charge in [-0.1, -0.05) is 41.9 Å². The third-order valence-electron chi connectivity index (χ3n) is 4.72. The smallest absolute Gasteiger partial charge is 0.262 e. The molecule has 7 heteroatoms. The summed E-state index contributed by atoms with van der Waals surface area (Å²) in [6, 6.07) is 22.1. The molecule has 0 unspecified atom stereocenters. The summed E-state index contributed by atoms with van der Waals surface area (Å²) in [4.78, 5) is 28.8. The second kappa shape index (κ2) is 9.29. The summed E-state index contributed by atoms with van der Waals surface area (Å²) in [6.45, 7) is 0. The molecule has 0 radical (unpaired) electrons. The van der Waals surface area contributed by atoms with Gasteiger partial charge in [-0.2, -0.15) is 0 Å². The molecule has 2 N–H and O–H groups in total. The van der Waals surface area contributed by atoms with Crippen molar-refractivity contribution in [3.8, 4) is 16.9 Å². The Morgan fingerprint density at radius 2 is 1.81 bits per heavy atom. The van der Waals surface area contributed by atoms with Crippen LogP contribution in [0.15, 0.2) is 82.5 Å². The summed E-state index contributed by atoms with van der Waals surface area (Å²) in [5.74, 6) is 0.585. The first-order chi connectivity index (χ1) is 15.0. The normalized spacial score (nSPS) is 10.8. The van der Waals surface area contributed by atoms with E-state index < -0.39 is 0 Å². The number of ether oxygens (including phenoxy) is 1. The lowest BCUT2D eigenvalue weighted by Gasteiger charge is -2.13. The molecule has 0 aliphatic rings. The van der Waals surface area contributed by atoms with Crippen molar-refractivity contribution in [1.82, 2.24) is 4.98 Å². The zero-order chi connectivity index (χ0) is 21.8. The number of aromatic amines is 1. The first-order valence-electron chi connectivity index (χ1n) is 9.53. The predicted octanol–water partition coefficient (Wildman–Crippen LogP) is 5.59. The zero-order valence-electron chi connectivity index (χ0n) is 16.6. The van der Waals surface area contributed by atoms with Crippen LogP contribution in [-0.2, 0) is 4.79 Å². The van der Waals surface area contributed by atoms with Crippen LogP contribution in [0.1, 0.15) is 0 Å². The summed E-state index contributed by atoms with van der Waals surface area (Å²) < 4.78 is 5.13. The fourth-order valence-corrected chi connectivity index (χ4v) is 4.36. The Morgan fingerprint density at radius 1 is 1.06 bits per heavy atom. The van der Waals surface area contributed by atoms with E-state index in [0.29, 0.717) is 26.9 Å². The van der Waals surface area contributed by atoms with Crippen molar-refractivity contribution in [1.29, 1.82) is 0 Å². The predicted molar refractivity (Wildman–Crippen MR) is 127 cm³/mol. The number of carbonyl (C=O) groups excluding carboxylic acids is 1. The topological polar surface area (TPSA) is 71.2 Å². The van der Waals surface area contributed by atoms with Gasteiger partial charge in [-0.3, -0.25) is 9.59 Å². The molecule has 4 aromatic rings. The summed E-state index contributed by atoms with van der Waals surface area (Å²) >= 11 is 7.44. The fraction of sp³-hybridized carbons (Fsp3) is 0.0833. The highest BCUT2D eigenvalue weighted by Gasteiger charge is 2.17. The number of H-pyrrole nitrogens is 1. The van der Waals surface area contributed by atoms with Crippen molar-refractivity contribution >= 4 is 45.9 Å². The Morgan fingerprint density at radius 3 is 2.52 bits per heavy atom. The zero-order valence-corrected chi connectivity index (χ0v) is 18.2. The highest BCUT2D eigenvalue weighted by Crippen LogP contribution is 2.35. The first kappa shape index (κ1) is 21.0. The molecule has 1 heterocycles. The van der Waals surface area contributed by atoms with Gasteiger partial charge in [-0.25, -0.2) is 0 Å². The lowest BCUT2D eigenvalue weighted by atomic mass is 10.0. The lowest BCUT2D eigenvalue weighted by Crippen LogP contribution is -2.16. The van der Waals surface area contributed by atoms with Gasteiger partial charge in [0.1, 0.15) is 5.75 Å². The average molecular weight is 451 g/mol. The molecule has 0 bridgehead atoms. The number of halogens is 1. The van der Waals surface area contributed by atoms with Crippen molar-refractivity contribution in [3.63, 3.8) is 0 Å². The number of thioether (sulfide) groups is 1. The third kappa shape index (κ3) is 4.76. The molecule has 4 rings (SSSR count). The number of carbonyl (C=O) groups is 1. The number of rotatable bonds is 6. The van der Waals surface area contributed by atoms with Crippen LogP contribution < -0.4 is 15.6 Å². The van der Waals surface area contributed by atoms with Crippen molar-refractivity contribution < 1.29 is 9.53 Å². The SMILES string of the molecule is COc1ccc(NC(=O)CSc2c(-c3ccccc3)c3cc(Cl)ccc3[nH]c2=O)cc1. The minimum atomic E-state index is -0.240. The van der Waals surface area contributed by atoms with Gasteiger partial charge >= 0.3 is 0 Å². The molecule has 0 saturated heterocycles. The molecule has 156 valence electrons. The van der Waals surface area contributed by atoms with Crippen LogP contribution in [0.25, 0.3) is 22.0 Å². The van der Waals surface area contributed by atoms with E-state index in [1.54, 1.807) is 43.5 Å². The van der Waals surface area contributed by atoms with Gasteiger partial charge in [-0.05, 0) is 48.0 Å². The van der Waals surface area contributed by atoms with Crippen LogP contribution in [-0.4, -0.2) is 23.8 Å². The van der Waals surface area contributed by atoms with Crippen molar-refractivity contribution in [2.24, 2.45) is 0 Å². The number of hydrogen-bond donors (Lipinski definition) is 2. The van der Waals surface area contributed by atoms with Crippen LogP contribution in [0.4, 0.5) is 5.69 Å². The van der Waals surface area contributed by atoms with Gasteiger partial charge < -0.3 is 15.0 Å². The molecule has 0 fully saturated rings. The van der Waals surface area contributed by atoms with Gasteiger partial charge in [-0.15, -0.1) is 11.8 Å². The monoisotopic (exact) mass is 450 g/mol. The standard InChI is InChI=1S/C24H19ClN2O3S/c1-30-18-10-8-17(9-11-18)26-21(28)14-31-23-22(15-5-3-2-4-6-15)19-13-16(25)7-12-20(19)27-24(23)29/h2-13H,14H2,1H3,(H,26,28)(H,27,29). The highest BCUT2D eigenvalue weighted by molar-refractivity contribution is 8.00. The van der Waals surface area contributed by atoms with Gasteiger partial charge in [0.2, 0.25) is 5.91 Å². The van der Waals surface area contributed by atoms with E-state index in [9.17, 15) is 9.59 Å². The van der Waals surface area contributed by atoms with E-state index in [-0.39, 0.29) is 17.2 Å². The maximum atomic E-state index is 12.9. The minimum absolute atomic E-state index is 0.0843. The molecular weight excluding hydrogens is 432 g/mol. The van der Waals surface area contributed by atoms with Crippen molar-refractivity contribution in [2.75, 3.05) is 18.2 Å². The number of aromatic nitrogens is 1. The molecule has 0 spiro atoms. The maximum absolute atomic E-state index is 12.9. The Bertz CT molecular complexity index is 1290. The number of methoxy groups -OCH3 is 1. The first-order valence-corrected chi connectivity index (χ1v) is 10.9. The molecule has 0 saturated carbocycles. The van der Waals surface area contributed by atoms with E-state index in [4.69, 9.17) is 16.3 Å². The highest BCUT2D eigenvalue weighted by atomic mass is 35.5. The summed E-state index contributed by atoms with van der Waals surface area (Å²) in [6.07, 6.45) is 0. The summed E-state index contributed by atoms with van der Waals surface area (Å²) in [5, 5.41) is 4.24. The Kier molecular flexibility index (Phi) is 6.30. The van der Waals surface area contributed by atoms with E-state index in [1.165, 1.54) is 11.8 Å². The lowest BCUT2D eigenvalue weighted by molar-refractivity contribution is -0.113. The van der Waals surface area contributed by atoms with Gasteiger partial charge in [0.15, 0.2) is 0 Å². The van der Waals surface area contributed by atoms with Crippen molar-refractivity contribution in [3.05, 3.63) is 88.2 Å². The number of benzene rings is 3. The van der Waals surface area contributed by atoms with Gasteiger partial charge in [0.05, 0.1) is 17.8 Å². The minimum Gasteiger partial charge on any atom is -0.497 e. The van der Waals surface area contributed by atoms with E-state index in [1.807, 2.05) is 36.4 Å². The van der Waals surface area contributed by atoms with Gasteiger partial charge in [0, 0.05) is 27.2 Å². The van der Waals surface area contributed by atoms with Crippen LogP contribution in [0.2, 0.25) is 5.02 Å². The van der Waals surface area contributed by atoms with E-state index >= 15 is 0 Å². The summed E-state index contributed by atoms with van der Waals surface area (Å²) in [5.41, 5.74) is 2.77. The fourth-order valence-electron chi connectivity index (χ4n) is 3.29. The van der Waals surface area contributed by atoms with Crippen LogP contribution in [0.5, 0.6) is 5.75 Å². The van der Waals surface area contributed by atoms with Crippen LogP contribution in [0, 0.1) is 0 Å². The van der Waals surface area contributed by atoms with E-state index in [0.717, 1.165) is 16.5 Å². The maximum Gasteiger partial charge on any atom is 0.262 e. The molecule has 5 nitrogen and oxygen atoms in total. The summed E-state index contributed by atoms with van der Waals surface area (Å²) in [7, 11) is 1.59.